The van der Waals surface area contributed by atoms with E-state index >= 15 is 0 Å². The predicted octanol–water partition coefficient (Wildman–Crippen LogP) is 3.75. The van der Waals surface area contributed by atoms with Crippen LogP contribution < -0.4 is 0 Å². The van der Waals surface area contributed by atoms with Crippen LogP contribution in [-0.2, 0) is 10.2 Å². The molecular formula is C16H19FO2. The van der Waals surface area contributed by atoms with Crippen molar-refractivity contribution in [3.63, 3.8) is 0 Å². The lowest BCUT2D eigenvalue weighted by Gasteiger charge is -2.40. The maximum atomic E-state index is 13.1. The number of halogens is 1. The van der Waals surface area contributed by atoms with E-state index in [9.17, 15) is 14.3 Å². The number of carbonyl (C=O) groups is 1. The smallest absolute Gasteiger partial charge is 0.304 e. The van der Waals surface area contributed by atoms with Crippen LogP contribution in [0.15, 0.2) is 24.3 Å². The van der Waals surface area contributed by atoms with E-state index in [2.05, 4.69) is 0 Å². The summed E-state index contributed by atoms with van der Waals surface area (Å²) in [5.41, 5.74) is 0.733. The van der Waals surface area contributed by atoms with E-state index in [1.165, 1.54) is 31.4 Å². The van der Waals surface area contributed by atoms with Gasteiger partial charge in [0.05, 0.1) is 6.42 Å². The molecule has 0 aromatic heterocycles. The summed E-state index contributed by atoms with van der Waals surface area (Å²) in [6, 6.07) is 6.47. The molecule has 2 nitrogen and oxygen atoms in total. The van der Waals surface area contributed by atoms with E-state index in [-0.39, 0.29) is 17.7 Å². The van der Waals surface area contributed by atoms with Crippen molar-refractivity contribution < 1.29 is 14.3 Å². The van der Waals surface area contributed by atoms with E-state index < -0.39 is 5.97 Å². The van der Waals surface area contributed by atoms with Crippen molar-refractivity contribution in [3.8, 4) is 0 Å². The van der Waals surface area contributed by atoms with Crippen LogP contribution in [0.1, 0.15) is 44.1 Å². The minimum Gasteiger partial charge on any atom is -0.481 e. The maximum Gasteiger partial charge on any atom is 0.304 e. The largest absolute Gasteiger partial charge is 0.481 e. The average molecular weight is 262 g/mol. The summed E-state index contributed by atoms with van der Waals surface area (Å²) >= 11 is 0. The van der Waals surface area contributed by atoms with Crippen LogP contribution in [0.3, 0.4) is 0 Å². The number of fused-ring (bicyclic) bond motifs is 2. The number of carboxylic acids is 1. The van der Waals surface area contributed by atoms with Gasteiger partial charge in [-0.3, -0.25) is 4.79 Å². The fourth-order valence-electron chi connectivity index (χ4n) is 4.31. The van der Waals surface area contributed by atoms with E-state index in [1.807, 2.05) is 0 Å². The standard InChI is InChI=1S/C16H19FO2/c17-14-5-3-13(4-6-14)16(10-15(18)19)8-11-1-2-12(7-11)9-16/h3-6,11-12H,1-2,7-10H2,(H,18,19)/t11-,12?,16?/m1/s1. The zero-order valence-electron chi connectivity index (χ0n) is 10.9. The molecule has 102 valence electrons. The molecule has 2 aliphatic carbocycles. The number of hydrogen-bond donors (Lipinski definition) is 1. The highest BCUT2D eigenvalue weighted by Crippen LogP contribution is 2.53. The minimum atomic E-state index is -0.745. The topological polar surface area (TPSA) is 37.3 Å². The fourth-order valence-corrected chi connectivity index (χ4v) is 4.31. The highest BCUT2D eigenvalue weighted by molar-refractivity contribution is 5.69. The first-order valence-corrected chi connectivity index (χ1v) is 7.05. The molecule has 1 aromatic rings. The van der Waals surface area contributed by atoms with Gasteiger partial charge in [-0.25, -0.2) is 4.39 Å². The molecule has 2 fully saturated rings. The number of aliphatic carboxylic acids is 1. The van der Waals surface area contributed by atoms with Gasteiger partial charge in [0.15, 0.2) is 0 Å². The predicted molar refractivity (Wildman–Crippen MR) is 70.4 cm³/mol. The molecular weight excluding hydrogens is 243 g/mol. The normalized spacial score (nSPS) is 33.3. The number of carboxylic acid groups (broad SMARTS) is 1. The van der Waals surface area contributed by atoms with Gasteiger partial charge in [0.2, 0.25) is 0 Å². The Morgan fingerprint density at radius 1 is 1.21 bits per heavy atom. The maximum absolute atomic E-state index is 13.1. The summed E-state index contributed by atoms with van der Waals surface area (Å²) in [5, 5.41) is 9.27. The van der Waals surface area contributed by atoms with Crippen LogP contribution in [0.2, 0.25) is 0 Å². The molecule has 0 spiro atoms. The minimum absolute atomic E-state index is 0.172. The SMILES string of the molecule is O=C(O)CC1(c2ccc(F)cc2)CC2CC[C@H](C2)C1. The van der Waals surface area contributed by atoms with Crippen LogP contribution in [0.5, 0.6) is 0 Å². The molecule has 3 heteroatoms. The van der Waals surface area contributed by atoms with Crippen LogP contribution in [0, 0.1) is 17.7 Å². The lowest BCUT2D eigenvalue weighted by atomic mass is 9.63. The van der Waals surface area contributed by atoms with E-state index in [4.69, 9.17) is 0 Å². The molecule has 2 saturated carbocycles. The molecule has 19 heavy (non-hydrogen) atoms. The second-order valence-corrected chi connectivity index (χ2v) is 6.31. The first kappa shape index (κ1) is 12.6. The highest BCUT2D eigenvalue weighted by Gasteiger charge is 2.45. The van der Waals surface area contributed by atoms with Gasteiger partial charge in [0, 0.05) is 5.41 Å². The van der Waals surface area contributed by atoms with Crippen molar-refractivity contribution in [2.45, 2.75) is 43.9 Å². The third kappa shape index (κ3) is 2.38. The summed E-state index contributed by atoms with van der Waals surface area (Å²) in [5.74, 6) is 0.310. The molecule has 2 aliphatic rings. The Hall–Kier alpha value is -1.38. The monoisotopic (exact) mass is 262 g/mol. The van der Waals surface area contributed by atoms with Gasteiger partial charge < -0.3 is 5.11 Å². The molecule has 0 aliphatic heterocycles. The molecule has 0 saturated heterocycles. The van der Waals surface area contributed by atoms with Crippen molar-refractivity contribution in [1.82, 2.24) is 0 Å². The first-order chi connectivity index (χ1) is 9.07. The summed E-state index contributed by atoms with van der Waals surface area (Å²) in [4.78, 5) is 11.3. The van der Waals surface area contributed by atoms with Crippen LogP contribution in [0.4, 0.5) is 4.39 Å². The van der Waals surface area contributed by atoms with Gasteiger partial charge in [-0.05, 0) is 48.8 Å². The Balaban J connectivity index is 1.96. The van der Waals surface area contributed by atoms with Gasteiger partial charge in [-0.1, -0.05) is 25.0 Å². The summed E-state index contributed by atoms with van der Waals surface area (Å²) in [7, 11) is 0. The molecule has 0 heterocycles. The summed E-state index contributed by atoms with van der Waals surface area (Å²) < 4.78 is 13.1. The third-order valence-electron chi connectivity index (χ3n) is 4.95. The number of hydrogen-bond acceptors (Lipinski definition) is 1. The number of benzene rings is 1. The Labute approximate surface area is 112 Å². The van der Waals surface area contributed by atoms with Gasteiger partial charge in [-0.15, -0.1) is 0 Å². The summed E-state index contributed by atoms with van der Waals surface area (Å²) in [6.07, 6.45) is 5.78. The van der Waals surface area contributed by atoms with Crippen molar-refractivity contribution in [1.29, 1.82) is 0 Å². The lowest BCUT2D eigenvalue weighted by Crippen LogP contribution is -2.36. The van der Waals surface area contributed by atoms with Gasteiger partial charge in [0.1, 0.15) is 5.82 Å². The van der Waals surface area contributed by atoms with E-state index in [0.29, 0.717) is 11.8 Å². The third-order valence-corrected chi connectivity index (χ3v) is 4.95. The van der Waals surface area contributed by atoms with Crippen molar-refractivity contribution in [2.24, 2.45) is 11.8 Å². The quantitative estimate of drug-likeness (QED) is 0.900. The van der Waals surface area contributed by atoms with E-state index in [0.717, 1.165) is 18.4 Å². The molecule has 3 rings (SSSR count). The average Bonchev–Trinajstić information content (AvgIpc) is 2.69. The Kier molecular flexibility index (Phi) is 3.08. The van der Waals surface area contributed by atoms with E-state index in [1.54, 1.807) is 12.1 Å². The molecule has 1 N–H and O–H groups in total. The molecule has 2 bridgehead atoms. The van der Waals surface area contributed by atoms with Gasteiger partial charge in [-0.2, -0.15) is 0 Å². The molecule has 1 aromatic carbocycles. The lowest BCUT2D eigenvalue weighted by molar-refractivity contribution is -0.139. The Bertz CT molecular complexity index is 468. The highest BCUT2D eigenvalue weighted by atomic mass is 19.1. The zero-order chi connectivity index (χ0) is 13.5. The van der Waals surface area contributed by atoms with Crippen LogP contribution >= 0.6 is 0 Å². The molecule has 0 amide bonds. The summed E-state index contributed by atoms with van der Waals surface area (Å²) in [6.45, 7) is 0. The number of rotatable bonds is 3. The van der Waals surface area contributed by atoms with Crippen molar-refractivity contribution in [3.05, 3.63) is 35.6 Å². The van der Waals surface area contributed by atoms with Crippen molar-refractivity contribution >= 4 is 5.97 Å². The second kappa shape index (κ2) is 4.62. The fraction of sp³-hybridized carbons (Fsp3) is 0.562. The van der Waals surface area contributed by atoms with Gasteiger partial charge in [0.25, 0.3) is 0 Å². The zero-order valence-corrected chi connectivity index (χ0v) is 10.9. The molecule has 0 radical (unpaired) electrons. The first-order valence-electron chi connectivity index (χ1n) is 7.05. The Morgan fingerprint density at radius 3 is 2.32 bits per heavy atom. The van der Waals surface area contributed by atoms with Crippen LogP contribution in [0.25, 0.3) is 0 Å². The van der Waals surface area contributed by atoms with Crippen molar-refractivity contribution in [2.75, 3.05) is 0 Å². The molecule has 3 atom stereocenters. The van der Waals surface area contributed by atoms with Crippen LogP contribution in [-0.4, -0.2) is 11.1 Å². The Morgan fingerprint density at radius 2 is 1.79 bits per heavy atom. The second-order valence-electron chi connectivity index (χ2n) is 6.31. The van der Waals surface area contributed by atoms with Gasteiger partial charge >= 0.3 is 5.97 Å². The molecule has 2 unspecified atom stereocenters.